The summed E-state index contributed by atoms with van der Waals surface area (Å²) in [7, 11) is 0. The maximum Gasteiger partial charge on any atom is 0.307 e. The van der Waals surface area contributed by atoms with E-state index in [1.165, 1.54) is 12.1 Å². The van der Waals surface area contributed by atoms with Crippen LogP contribution < -0.4 is 10.9 Å². The maximum absolute atomic E-state index is 12.3. The molecule has 170 valence electrons. The minimum atomic E-state index is -0.635. The Kier molecular flexibility index (Phi) is 8.15. The Morgan fingerprint density at radius 2 is 1.06 bits per heavy atom. The van der Waals surface area contributed by atoms with Crippen LogP contribution in [0.3, 0.4) is 0 Å². The van der Waals surface area contributed by atoms with Gasteiger partial charge in [-0.25, -0.2) is 10.9 Å². The summed E-state index contributed by atoms with van der Waals surface area (Å²) < 4.78 is 5.31. The number of hydrogen-bond acceptors (Lipinski definition) is 5. The van der Waals surface area contributed by atoms with Crippen molar-refractivity contribution < 1.29 is 14.0 Å². The van der Waals surface area contributed by atoms with Crippen LogP contribution >= 0.6 is 46.4 Å². The minimum Gasteiger partial charge on any atom is -0.446 e. The van der Waals surface area contributed by atoms with Crippen molar-refractivity contribution in [2.45, 2.75) is 13.8 Å². The van der Waals surface area contributed by atoms with E-state index in [1.54, 1.807) is 50.2 Å². The van der Waals surface area contributed by atoms with Gasteiger partial charge in [-0.2, -0.15) is 10.2 Å². The molecule has 0 spiro atoms. The molecule has 0 aliphatic carbocycles. The van der Waals surface area contributed by atoms with Crippen molar-refractivity contribution in [3.63, 3.8) is 0 Å². The largest absolute Gasteiger partial charge is 0.446 e. The second-order valence-corrected chi connectivity index (χ2v) is 8.33. The smallest absolute Gasteiger partial charge is 0.307 e. The molecule has 0 saturated carbocycles. The highest BCUT2D eigenvalue weighted by Gasteiger charge is 2.16. The van der Waals surface area contributed by atoms with Gasteiger partial charge in [0.2, 0.25) is 0 Å². The number of carbonyl (C=O) groups is 2. The van der Waals surface area contributed by atoms with E-state index in [0.29, 0.717) is 42.6 Å². The number of rotatable bonds is 6. The third-order valence-corrected chi connectivity index (χ3v) is 5.86. The number of nitrogens with zero attached hydrogens (tertiary/aromatic N) is 2. The average Bonchev–Trinajstić information content (AvgIpc) is 3.29. The van der Waals surface area contributed by atoms with E-state index in [2.05, 4.69) is 21.1 Å². The number of hydrogen-bond donors (Lipinski definition) is 2. The van der Waals surface area contributed by atoms with E-state index >= 15 is 0 Å². The quantitative estimate of drug-likeness (QED) is 0.296. The first-order valence-corrected chi connectivity index (χ1v) is 10.9. The van der Waals surface area contributed by atoms with Gasteiger partial charge in [0, 0.05) is 0 Å². The van der Waals surface area contributed by atoms with Crippen LogP contribution in [0, 0.1) is 0 Å². The molecule has 1 heterocycles. The molecule has 3 rings (SSSR count). The second-order valence-electron chi connectivity index (χ2n) is 6.70. The number of hydrazone groups is 2. The minimum absolute atomic E-state index is 0.101. The van der Waals surface area contributed by atoms with Crippen molar-refractivity contribution in [2.75, 3.05) is 0 Å². The Labute approximate surface area is 209 Å². The van der Waals surface area contributed by atoms with Crippen molar-refractivity contribution in [1.29, 1.82) is 0 Å². The summed E-state index contributed by atoms with van der Waals surface area (Å²) in [5, 5.41) is 9.59. The van der Waals surface area contributed by atoms with Gasteiger partial charge in [-0.1, -0.05) is 58.5 Å². The maximum atomic E-state index is 12.3. The van der Waals surface area contributed by atoms with E-state index < -0.39 is 11.8 Å². The fourth-order valence-electron chi connectivity index (χ4n) is 2.53. The molecule has 2 N–H and O–H groups in total. The van der Waals surface area contributed by atoms with Crippen molar-refractivity contribution in [3.05, 3.63) is 91.3 Å². The van der Waals surface area contributed by atoms with E-state index in [4.69, 9.17) is 50.8 Å². The van der Waals surface area contributed by atoms with E-state index in [1.807, 2.05) is 0 Å². The third-order valence-electron chi connectivity index (χ3n) is 4.38. The molecule has 0 saturated heterocycles. The molecule has 2 aromatic carbocycles. The first-order valence-electron chi connectivity index (χ1n) is 9.35. The molecule has 0 aliphatic heterocycles. The normalized spacial score (nSPS) is 11.9. The molecule has 33 heavy (non-hydrogen) atoms. The fraction of sp³-hybridized carbons (Fsp3) is 0.0909. The highest BCUT2D eigenvalue weighted by atomic mass is 35.5. The van der Waals surface area contributed by atoms with Crippen LogP contribution in [-0.4, -0.2) is 23.2 Å². The molecular formula is C22H16Cl4N4O3. The molecule has 0 radical (unpaired) electrons. The highest BCUT2D eigenvalue weighted by molar-refractivity contribution is 6.42. The van der Waals surface area contributed by atoms with Gasteiger partial charge in [0.25, 0.3) is 0 Å². The SMILES string of the molecule is C/C(=N\NC(=O)c1ccc(C(=O)N/N=C(\C)c2ccc(Cl)c(Cl)c2)o1)c1ccc(Cl)c(Cl)c1. The van der Waals surface area contributed by atoms with Gasteiger partial charge in [0.05, 0.1) is 31.5 Å². The fourth-order valence-corrected chi connectivity index (χ4v) is 3.13. The predicted molar refractivity (Wildman–Crippen MR) is 131 cm³/mol. The van der Waals surface area contributed by atoms with Crippen molar-refractivity contribution >= 4 is 69.6 Å². The molecule has 0 aliphatic rings. The first-order chi connectivity index (χ1) is 15.7. The standard InChI is InChI=1S/C22H16Cl4N4O3/c1-11(13-3-5-15(23)17(25)9-13)27-29-21(31)19-7-8-20(33-19)22(32)30-28-12(2)14-4-6-16(24)18(26)10-14/h3-10H,1-2H3,(H,29,31)(H,30,32)/b27-11+,28-12+. The van der Waals surface area contributed by atoms with Crippen molar-refractivity contribution in [2.24, 2.45) is 10.2 Å². The van der Waals surface area contributed by atoms with Gasteiger partial charge in [-0.05, 0) is 61.4 Å². The summed E-state index contributed by atoms with van der Waals surface area (Å²) in [6.45, 7) is 3.38. The summed E-state index contributed by atoms with van der Waals surface area (Å²) in [5.41, 5.74) is 7.08. The lowest BCUT2D eigenvalue weighted by Gasteiger charge is -2.04. The molecular weight excluding hydrogens is 510 g/mol. The zero-order chi connectivity index (χ0) is 24.1. The Balaban J connectivity index is 1.63. The van der Waals surface area contributed by atoms with Crippen molar-refractivity contribution in [1.82, 2.24) is 10.9 Å². The second kappa shape index (κ2) is 10.9. The monoisotopic (exact) mass is 524 g/mol. The number of furan rings is 1. The van der Waals surface area contributed by atoms with Crippen LogP contribution in [-0.2, 0) is 0 Å². The van der Waals surface area contributed by atoms with Crippen LogP contribution in [0.15, 0.2) is 63.2 Å². The summed E-state index contributed by atoms with van der Waals surface area (Å²) in [6, 6.07) is 12.7. The van der Waals surface area contributed by atoms with Crippen LogP contribution in [0.5, 0.6) is 0 Å². The average molecular weight is 526 g/mol. The van der Waals surface area contributed by atoms with Crippen LogP contribution in [0.2, 0.25) is 20.1 Å². The van der Waals surface area contributed by atoms with Crippen LogP contribution in [0.4, 0.5) is 0 Å². The summed E-state index contributed by atoms with van der Waals surface area (Å²) in [4.78, 5) is 24.6. The van der Waals surface area contributed by atoms with Gasteiger partial charge < -0.3 is 4.42 Å². The number of nitrogens with one attached hydrogen (secondary N) is 2. The molecule has 3 aromatic rings. The zero-order valence-corrected chi connectivity index (χ0v) is 20.3. The number of halogens is 4. The molecule has 0 unspecified atom stereocenters. The van der Waals surface area contributed by atoms with E-state index in [9.17, 15) is 9.59 Å². The van der Waals surface area contributed by atoms with Gasteiger partial charge in [-0.3, -0.25) is 9.59 Å². The lowest BCUT2D eigenvalue weighted by molar-refractivity contribution is 0.0902. The first kappa shape index (κ1) is 24.8. The zero-order valence-electron chi connectivity index (χ0n) is 17.2. The van der Waals surface area contributed by atoms with Crippen LogP contribution in [0.1, 0.15) is 46.1 Å². The third kappa shape index (κ3) is 6.36. The highest BCUT2D eigenvalue weighted by Crippen LogP contribution is 2.23. The van der Waals surface area contributed by atoms with Crippen molar-refractivity contribution in [3.8, 4) is 0 Å². The molecule has 1 aromatic heterocycles. The van der Waals surface area contributed by atoms with Crippen LogP contribution in [0.25, 0.3) is 0 Å². The molecule has 2 amide bonds. The summed E-state index contributed by atoms with van der Waals surface area (Å²) >= 11 is 23.8. The lowest BCUT2D eigenvalue weighted by Crippen LogP contribution is -2.20. The number of benzene rings is 2. The molecule has 0 bridgehead atoms. The molecule has 0 atom stereocenters. The van der Waals surface area contributed by atoms with Gasteiger partial charge >= 0.3 is 11.8 Å². The topological polar surface area (TPSA) is 96.1 Å². The summed E-state index contributed by atoms with van der Waals surface area (Å²) in [6.07, 6.45) is 0. The van der Waals surface area contributed by atoms with Gasteiger partial charge in [0.15, 0.2) is 11.5 Å². The Hall–Kier alpha value is -2.84. The Bertz CT molecular complexity index is 1190. The molecule has 11 heteroatoms. The Morgan fingerprint density at radius 1 is 0.667 bits per heavy atom. The number of amides is 2. The predicted octanol–water partition coefficient (Wildman–Crippen LogP) is 6.20. The summed E-state index contributed by atoms with van der Waals surface area (Å²) in [5.74, 6) is -1.47. The van der Waals surface area contributed by atoms with E-state index in [-0.39, 0.29) is 11.5 Å². The van der Waals surface area contributed by atoms with Gasteiger partial charge in [-0.15, -0.1) is 0 Å². The Morgan fingerprint density at radius 3 is 1.42 bits per heavy atom. The van der Waals surface area contributed by atoms with Gasteiger partial charge in [0.1, 0.15) is 0 Å². The molecule has 0 fully saturated rings. The number of carbonyl (C=O) groups excluding carboxylic acids is 2. The lowest BCUT2D eigenvalue weighted by atomic mass is 10.1. The molecule has 7 nitrogen and oxygen atoms in total. The van der Waals surface area contributed by atoms with E-state index in [0.717, 1.165) is 0 Å².